The van der Waals surface area contributed by atoms with Crippen LogP contribution >= 0.6 is 0 Å². The Bertz CT molecular complexity index is 330. The highest BCUT2D eigenvalue weighted by Gasteiger charge is 1.86. The average Bonchev–Trinajstić information content (AvgIpc) is 2.01. The Hall–Kier alpha value is -1.49. The first-order valence-electron chi connectivity index (χ1n) is 3.36. The van der Waals surface area contributed by atoms with Crippen molar-refractivity contribution in [2.45, 2.75) is 0 Å². The van der Waals surface area contributed by atoms with Crippen LogP contribution in [-0.4, -0.2) is 5.11 Å². The number of nitrogens with zero attached hydrogens (tertiary/aromatic N) is 1. The second-order valence-electron chi connectivity index (χ2n) is 1.49. The molecule has 0 aliphatic heterocycles. The third-order valence-electron chi connectivity index (χ3n) is 0.854. The second kappa shape index (κ2) is 2.19. The zero-order valence-corrected chi connectivity index (χ0v) is 4.55. The van der Waals surface area contributed by atoms with E-state index >= 15 is 0 Å². The predicted molar refractivity (Wildman–Crippen MR) is 32.8 cm³/mol. The number of rotatable bonds is 0. The van der Waals surface area contributed by atoms with E-state index in [9.17, 15) is 0 Å². The minimum absolute atomic E-state index is 0.104. The van der Waals surface area contributed by atoms with Crippen molar-refractivity contribution in [3.63, 3.8) is 0 Å². The minimum Gasteiger partial charge on any atom is -0.508 e. The monoisotopic (exact) mass is 121 g/mol. The highest BCUT2D eigenvalue weighted by Crippen LogP contribution is 2.07. The maximum Gasteiger partial charge on any atom is 0.115 e. The summed E-state index contributed by atoms with van der Waals surface area (Å²) in [6.45, 7) is 0. The van der Waals surface area contributed by atoms with Crippen molar-refractivity contribution in [2.24, 2.45) is 0 Å². The van der Waals surface area contributed by atoms with Gasteiger partial charge >= 0.3 is 0 Å². The molecule has 0 atom stereocenters. The molecule has 0 heterocycles. The van der Waals surface area contributed by atoms with Crippen LogP contribution in [0, 0.1) is 11.3 Å². The first kappa shape index (κ1) is 3.52. The summed E-state index contributed by atoms with van der Waals surface area (Å²) in [7, 11) is 0. The number of phenolic OH excluding ortho intramolecular Hbond substituents is 1. The van der Waals surface area contributed by atoms with E-state index in [1.807, 2.05) is 0 Å². The van der Waals surface area contributed by atoms with Crippen LogP contribution < -0.4 is 0 Å². The van der Waals surface area contributed by atoms with Crippen molar-refractivity contribution in [1.82, 2.24) is 0 Å². The number of hydrogen-bond acceptors (Lipinski definition) is 2. The van der Waals surface area contributed by atoms with Gasteiger partial charge in [-0.3, -0.25) is 0 Å². The Kier molecular flexibility index (Phi) is 0.855. The van der Waals surface area contributed by atoms with Crippen LogP contribution in [-0.2, 0) is 0 Å². The molecule has 9 heavy (non-hydrogen) atoms. The highest BCUT2D eigenvalue weighted by atomic mass is 16.3. The molecule has 0 saturated heterocycles. The summed E-state index contributed by atoms with van der Waals surface area (Å²) in [6, 6.07) is 3.76. The zero-order chi connectivity index (χ0) is 8.43. The van der Waals surface area contributed by atoms with E-state index in [4.69, 9.17) is 13.1 Å². The van der Waals surface area contributed by atoms with E-state index in [2.05, 4.69) is 0 Å². The lowest BCUT2D eigenvalue weighted by molar-refractivity contribution is 0.475. The summed E-state index contributed by atoms with van der Waals surface area (Å²) in [5.41, 5.74) is 0.104. The van der Waals surface area contributed by atoms with Crippen LogP contribution in [0.2, 0.25) is 0 Å². The Balaban J connectivity index is 3.40. The van der Waals surface area contributed by atoms with Gasteiger partial charge in [-0.25, -0.2) is 0 Å². The minimum atomic E-state index is -0.302. The largest absolute Gasteiger partial charge is 0.508 e. The fraction of sp³-hybridized carbons (Fsp3) is 0. The number of hydrogen-bond donors (Lipinski definition) is 1. The molecule has 44 valence electrons. The van der Waals surface area contributed by atoms with Crippen molar-refractivity contribution in [2.75, 3.05) is 0 Å². The average molecular weight is 121 g/mol. The Morgan fingerprint density at radius 3 is 3.00 bits per heavy atom. The molecule has 0 unspecified atom stereocenters. The van der Waals surface area contributed by atoms with E-state index < -0.39 is 0 Å². The molecular formula is C7H5NO. The maximum atomic E-state index is 8.90. The number of aromatic hydroxyl groups is 1. The van der Waals surface area contributed by atoms with Gasteiger partial charge < -0.3 is 5.11 Å². The van der Waals surface area contributed by atoms with Crippen LogP contribution in [0.15, 0.2) is 24.2 Å². The van der Waals surface area contributed by atoms with Crippen molar-refractivity contribution >= 4 is 0 Å². The van der Waals surface area contributed by atoms with Crippen molar-refractivity contribution in [3.8, 4) is 11.8 Å². The lowest BCUT2D eigenvalue weighted by Gasteiger charge is -1.87. The Morgan fingerprint density at radius 2 is 2.33 bits per heavy atom. The fourth-order valence-electron chi connectivity index (χ4n) is 0.442. The predicted octanol–water partition coefficient (Wildman–Crippen LogP) is 1.26. The summed E-state index contributed by atoms with van der Waals surface area (Å²) in [4.78, 5) is 0. The molecule has 1 aromatic carbocycles. The van der Waals surface area contributed by atoms with Gasteiger partial charge in [0, 0.05) is 0 Å². The second-order valence-corrected chi connectivity index (χ2v) is 1.49. The SMILES string of the molecule is [2H]c1c(O)ccc(C#N)c1[2H]. The Labute approximate surface area is 55.8 Å². The van der Waals surface area contributed by atoms with E-state index in [-0.39, 0.29) is 23.4 Å². The van der Waals surface area contributed by atoms with Gasteiger partial charge in [0.05, 0.1) is 14.4 Å². The Morgan fingerprint density at radius 1 is 1.56 bits per heavy atom. The first-order chi connectivity index (χ1) is 5.16. The number of nitriles is 1. The molecule has 0 aliphatic carbocycles. The summed E-state index contributed by atoms with van der Waals surface area (Å²) >= 11 is 0. The third kappa shape index (κ3) is 1.20. The molecule has 1 rings (SSSR count). The van der Waals surface area contributed by atoms with Crippen molar-refractivity contribution < 1.29 is 7.85 Å². The lowest BCUT2D eigenvalue weighted by Crippen LogP contribution is -1.69. The molecule has 1 aromatic rings. The zero-order valence-electron chi connectivity index (χ0n) is 6.55. The first-order valence-corrected chi connectivity index (χ1v) is 2.36. The van der Waals surface area contributed by atoms with Crippen LogP contribution in [0.3, 0.4) is 0 Å². The lowest BCUT2D eigenvalue weighted by atomic mass is 10.2. The molecule has 0 spiro atoms. The van der Waals surface area contributed by atoms with Gasteiger partial charge in [-0.1, -0.05) is 0 Å². The van der Waals surface area contributed by atoms with Crippen molar-refractivity contribution in [3.05, 3.63) is 29.8 Å². The van der Waals surface area contributed by atoms with Gasteiger partial charge in [-0.15, -0.1) is 0 Å². The van der Waals surface area contributed by atoms with Crippen LogP contribution in [0.4, 0.5) is 0 Å². The van der Waals surface area contributed by atoms with E-state index in [1.54, 1.807) is 6.07 Å². The normalized spacial score (nSPS) is 11.4. The summed E-state index contributed by atoms with van der Waals surface area (Å²) < 4.78 is 14.3. The summed E-state index contributed by atoms with van der Waals surface area (Å²) in [5, 5.41) is 17.3. The molecule has 0 bridgehead atoms. The van der Waals surface area contributed by atoms with Crippen LogP contribution in [0.1, 0.15) is 8.30 Å². The molecule has 0 saturated carbocycles. The smallest absolute Gasteiger partial charge is 0.115 e. The van der Waals surface area contributed by atoms with E-state index in [0.717, 1.165) is 0 Å². The van der Waals surface area contributed by atoms with Gasteiger partial charge in [0.15, 0.2) is 0 Å². The quantitative estimate of drug-likeness (QED) is 0.561. The molecular weight excluding hydrogens is 114 g/mol. The number of phenols is 1. The molecule has 1 N–H and O–H groups in total. The van der Waals surface area contributed by atoms with Gasteiger partial charge in [-0.05, 0) is 24.2 Å². The molecule has 2 heteroatoms. The highest BCUT2D eigenvalue weighted by molar-refractivity contribution is 5.33. The van der Waals surface area contributed by atoms with Crippen LogP contribution in [0.5, 0.6) is 5.75 Å². The van der Waals surface area contributed by atoms with Crippen LogP contribution in [0.25, 0.3) is 0 Å². The molecule has 0 aliphatic rings. The standard InChI is InChI=1S/C7H5NO/c8-5-6-1-3-7(9)4-2-6/h1-4,9H/i1D,3D. The van der Waals surface area contributed by atoms with E-state index in [1.165, 1.54) is 12.1 Å². The molecule has 0 radical (unpaired) electrons. The molecule has 2 nitrogen and oxygen atoms in total. The summed E-state index contributed by atoms with van der Waals surface area (Å²) in [5.74, 6) is -0.269. The van der Waals surface area contributed by atoms with Gasteiger partial charge in [0.25, 0.3) is 0 Å². The van der Waals surface area contributed by atoms with Gasteiger partial charge in [0.1, 0.15) is 5.75 Å². The summed E-state index contributed by atoms with van der Waals surface area (Å²) in [6.07, 6.45) is 0. The molecule has 0 aromatic heterocycles. The molecule has 0 fully saturated rings. The van der Waals surface area contributed by atoms with Gasteiger partial charge in [-0.2, -0.15) is 5.26 Å². The van der Waals surface area contributed by atoms with Crippen molar-refractivity contribution in [1.29, 1.82) is 5.26 Å². The maximum absolute atomic E-state index is 8.90. The molecule has 0 amide bonds. The third-order valence-corrected chi connectivity index (χ3v) is 0.854. The fourth-order valence-corrected chi connectivity index (χ4v) is 0.442. The van der Waals surface area contributed by atoms with Gasteiger partial charge in [0.2, 0.25) is 0 Å². The number of benzene rings is 1. The van der Waals surface area contributed by atoms with E-state index in [0.29, 0.717) is 0 Å². The topological polar surface area (TPSA) is 44.0 Å².